The topological polar surface area (TPSA) is 58.8 Å². The van der Waals surface area contributed by atoms with Crippen molar-refractivity contribution in [2.24, 2.45) is 5.73 Å². The van der Waals surface area contributed by atoms with Crippen molar-refractivity contribution in [3.05, 3.63) is 22.4 Å². The molecule has 1 aromatic rings. The van der Waals surface area contributed by atoms with E-state index in [-0.39, 0.29) is 18.2 Å². The van der Waals surface area contributed by atoms with Crippen molar-refractivity contribution >= 4 is 17.4 Å². The molecule has 5 nitrogen and oxygen atoms in total. The Hall–Kier alpha value is -1.11. The molecule has 0 radical (unpaired) electrons. The molecule has 1 saturated heterocycles. The van der Waals surface area contributed by atoms with Crippen molar-refractivity contribution in [2.45, 2.75) is 25.9 Å². The van der Waals surface area contributed by atoms with Crippen LogP contribution in [-0.2, 0) is 4.74 Å². The van der Waals surface area contributed by atoms with Crippen LogP contribution in [0.15, 0.2) is 16.8 Å². The van der Waals surface area contributed by atoms with Gasteiger partial charge in [-0.15, -0.1) is 0 Å². The lowest BCUT2D eigenvalue weighted by atomic mass is 10.0. The van der Waals surface area contributed by atoms with E-state index in [1.165, 1.54) is 5.56 Å². The Balaban J connectivity index is 1.96. The number of ether oxygens (including phenoxy) is 1. The summed E-state index contributed by atoms with van der Waals surface area (Å²) in [5.74, 6) is 0. The van der Waals surface area contributed by atoms with Gasteiger partial charge in [-0.25, -0.2) is 4.79 Å². The minimum absolute atomic E-state index is 0.0683. The highest BCUT2D eigenvalue weighted by molar-refractivity contribution is 7.07. The first-order valence-electron chi connectivity index (χ1n) is 7.07. The predicted molar refractivity (Wildman–Crippen MR) is 80.9 cm³/mol. The Morgan fingerprint density at radius 1 is 1.45 bits per heavy atom. The van der Waals surface area contributed by atoms with Crippen LogP contribution in [0.5, 0.6) is 0 Å². The van der Waals surface area contributed by atoms with Gasteiger partial charge in [0.1, 0.15) is 0 Å². The van der Waals surface area contributed by atoms with Gasteiger partial charge in [0.05, 0.1) is 12.6 Å². The average molecular weight is 297 g/mol. The molecule has 0 bridgehead atoms. The number of piperazine rings is 1. The maximum Gasteiger partial charge on any atom is 0.409 e. The molecule has 112 valence electrons. The van der Waals surface area contributed by atoms with Gasteiger partial charge in [0.25, 0.3) is 0 Å². The van der Waals surface area contributed by atoms with Crippen molar-refractivity contribution in [2.75, 3.05) is 32.8 Å². The number of hydrogen-bond donors (Lipinski definition) is 1. The van der Waals surface area contributed by atoms with Crippen LogP contribution in [0.3, 0.4) is 0 Å². The molecule has 2 unspecified atom stereocenters. The van der Waals surface area contributed by atoms with Crippen molar-refractivity contribution < 1.29 is 9.53 Å². The highest BCUT2D eigenvalue weighted by Gasteiger charge is 2.29. The Labute approximate surface area is 124 Å². The lowest BCUT2D eigenvalue weighted by Crippen LogP contribution is -2.52. The van der Waals surface area contributed by atoms with E-state index in [2.05, 4.69) is 21.7 Å². The van der Waals surface area contributed by atoms with Crippen molar-refractivity contribution in [3.8, 4) is 0 Å². The molecule has 2 atom stereocenters. The van der Waals surface area contributed by atoms with Gasteiger partial charge < -0.3 is 15.4 Å². The summed E-state index contributed by atoms with van der Waals surface area (Å²) >= 11 is 1.69. The summed E-state index contributed by atoms with van der Waals surface area (Å²) < 4.78 is 5.04. The third-order valence-corrected chi connectivity index (χ3v) is 4.32. The molecule has 20 heavy (non-hydrogen) atoms. The van der Waals surface area contributed by atoms with Crippen molar-refractivity contribution in [3.63, 3.8) is 0 Å². The van der Waals surface area contributed by atoms with Crippen LogP contribution in [0.1, 0.15) is 25.5 Å². The van der Waals surface area contributed by atoms with Gasteiger partial charge in [0.15, 0.2) is 0 Å². The molecular weight excluding hydrogens is 274 g/mol. The van der Waals surface area contributed by atoms with Gasteiger partial charge in [-0.05, 0) is 36.2 Å². The van der Waals surface area contributed by atoms with Crippen LogP contribution in [-0.4, -0.2) is 54.7 Å². The van der Waals surface area contributed by atoms with E-state index in [0.29, 0.717) is 19.7 Å². The summed E-state index contributed by atoms with van der Waals surface area (Å²) in [6.07, 6.45) is -0.208. The summed E-state index contributed by atoms with van der Waals surface area (Å²) in [5, 5.41) is 4.24. The molecule has 0 saturated carbocycles. The molecule has 0 aliphatic carbocycles. The lowest BCUT2D eigenvalue weighted by molar-refractivity contribution is 0.0619. The Kier molecular flexibility index (Phi) is 5.39. The van der Waals surface area contributed by atoms with E-state index in [1.807, 2.05) is 13.8 Å². The van der Waals surface area contributed by atoms with Crippen LogP contribution >= 0.6 is 11.3 Å². The summed E-state index contributed by atoms with van der Waals surface area (Å²) in [6.45, 7) is 7.37. The molecule has 0 aromatic carbocycles. The van der Waals surface area contributed by atoms with E-state index in [4.69, 9.17) is 10.5 Å². The minimum atomic E-state index is -0.208. The van der Waals surface area contributed by atoms with E-state index >= 15 is 0 Å². The smallest absolute Gasteiger partial charge is 0.409 e. The zero-order chi connectivity index (χ0) is 14.5. The molecule has 1 amide bonds. The molecule has 1 fully saturated rings. The van der Waals surface area contributed by atoms with E-state index in [0.717, 1.165) is 13.1 Å². The zero-order valence-electron chi connectivity index (χ0n) is 12.1. The summed E-state index contributed by atoms with van der Waals surface area (Å²) in [4.78, 5) is 15.8. The molecule has 6 heteroatoms. The molecule has 0 spiro atoms. The van der Waals surface area contributed by atoms with Gasteiger partial charge >= 0.3 is 6.09 Å². The van der Waals surface area contributed by atoms with E-state index in [1.54, 1.807) is 16.2 Å². The lowest BCUT2D eigenvalue weighted by Gasteiger charge is -2.40. The zero-order valence-corrected chi connectivity index (χ0v) is 12.9. The number of thiophene rings is 1. The molecule has 1 aliphatic heterocycles. The second-order valence-electron chi connectivity index (χ2n) is 5.08. The number of nitrogens with zero attached hydrogens (tertiary/aromatic N) is 2. The van der Waals surface area contributed by atoms with Gasteiger partial charge in [-0.3, -0.25) is 4.90 Å². The highest BCUT2D eigenvalue weighted by atomic mass is 32.1. The minimum Gasteiger partial charge on any atom is -0.450 e. The van der Waals surface area contributed by atoms with Gasteiger partial charge in [0, 0.05) is 32.2 Å². The molecular formula is C14H23N3O2S. The highest BCUT2D eigenvalue weighted by Crippen LogP contribution is 2.26. The second-order valence-corrected chi connectivity index (χ2v) is 5.86. The van der Waals surface area contributed by atoms with Gasteiger partial charge in [0.2, 0.25) is 0 Å². The third kappa shape index (κ3) is 3.50. The number of hydrogen-bond acceptors (Lipinski definition) is 5. The van der Waals surface area contributed by atoms with Crippen LogP contribution in [0.2, 0.25) is 0 Å². The maximum atomic E-state index is 11.7. The normalized spacial score (nSPS) is 19.6. The SMILES string of the molecule is CCOC(=O)N1CCN(C(c2ccsc2)C(C)N)CC1. The Bertz CT molecular complexity index is 414. The summed E-state index contributed by atoms with van der Waals surface area (Å²) in [7, 11) is 0. The molecule has 2 heterocycles. The van der Waals surface area contributed by atoms with Gasteiger partial charge in [-0.2, -0.15) is 11.3 Å². The number of carbonyl (C=O) groups is 1. The predicted octanol–water partition coefficient (Wildman–Crippen LogP) is 1.91. The van der Waals surface area contributed by atoms with Crippen LogP contribution in [0.4, 0.5) is 4.79 Å². The Morgan fingerprint density at radius 3 is 2.65 bits per heavy atom. The fourth-order valence-corrected chi connectivity index (χ4v) is 3.38. The standard InChI is InChI=1S/C14H23N3O2S/c1-3-19-14(18)17-7-5-16(6-8-17)13(11(2)15)12-4-9-20-10-12/h4,9-11,13H,3,5-8,15H2,1-2H3. The van der Waals surface area contributed by atoms with E-state index in [9.17, 15) is 4.79 Å². The van der Waals surface area contributed by atoms with Crippen LogP contribution in [0.25, 0.3) is 0 Å². The number of nitrogens with two attached hydrogens (primary N) is 1. The third-order valence-electron chi connectivity index (χ3n) is 3.62. The molecule has 1 aliphatic rings. The first kappa shape index (κ1) is 15.3. The average Bonchev–Trinajstić information content (AvgIpc) is 2.93. The largest absolute Gasteiger partial charge is 0.450 e. The fourth-order valence-electron chi connectivity index (χ4n) is 2.69. The quantitative estimate of drug-likeness (QED) is 0.922. The molecule has 2 rings (SSSR count). The second kappa shape index (κ2) is 7.06. The van der Waals surface area contributed by atoms with Crippen molar-refractivity contribution in [1.82, 2.24) is 9.80 Å². The maximum absolute atomic E-state index is 11.7. The first-order valence-corrected chi connectivity index (χ1v) is 8.01. The fraction of sp³-hybridized carbons (Fsp3) is 0.643. The monoisotopic (exact) mass is 297 g/mol. The number of amides is 1. The summed E-state index contributed by atoms with van der Waals surface area (Å²) in [5.41, 5.74) is 7.43. The van der Waals surface area contributed by atoms with Gasteiger partial charge in [-0.1, -0.05) is 0 Å². The van der Waals surface area contributed by atoms with E-state index < -0.39 is 0 Å². The summed E-state index contributed by atoms with van der Waals surface area (Å²) in [6, 6.07) is 2.43. The molecule has 1 aromatic heterocycles. The number of carbonyl (C=O) groups excluding carboxylic acids is 1. The molecule has 2 N–H and O–H groups in total. The van der Waals surface area contributed by atoms with Crippen molar-refractivity contribution in [1.29, 1.82) is 0 Å². The number of rotatable bonds is 4. The van der Waals surface area contributed by atoms with Crippen LogP contribution in [0, 0.1) is 0 Å². The Morgan fingerprint density at radius 2 is 2.15 bits per heavy atom. The first-order chi connectivity index (χ1) is 9.63. The van der Waals surface area contributed by atoms with Crippen LogP contribution < -0.4 is 5.73 Å².